The lowest BCUT2D eigenvalue weighted by molar-refractivity contribution is -0.262. The Hall–Kier alpha value is -0.730. The van der Waals surface area contributed by atoms with Gasteiger partial charge in [-0.25, -0.2) is 0 Å². The molecule has 0 aromatic rings. The molecule has 0 bridgehead atoms. The van der Waals surface area contributed by atoms with Gasteiger partial charge in [-0.1, -0.05) is 0 Å². The molecule has 0 aliphatic carbocycles. The van der Waals surface area contributed by atoms with Gasteiger partial charge in [0.1, 0.15) is 24.4 Å². The zero-order valence-corrected chi connectivity index (χ0v) is 9.16. The van der Waals surface area contributed by atoms with Crippen molar-refractivity contribution in [2.24, 2.45) is 0 Å². The number of nitrogens with one attached hydrogen (secondary N) is 1. The van der Waals surface area contributed by atoms with E-state index in [1.54, 1.807) is 0 Å². The van der Waals surface area contributed by atoms with Crippen LogP contribution in [0.4, 0.5) is 0 Å². The number of ether oxygens (including phenoxy) is 2. The highest BCUT2D eigenvalue weighted by Gasteiger charge is 2.44. The predicted molar refractivity (Wildman–Crippen MR) is 52.4 cm³/mol. The monoisotopic (exact) mass is 235 g/mol. The molecule has 1 rings (SSSR count). The van der Waals surface area contributed by atoms with Gasteiger partial charge in [0.25, 0.3) is 0 Å². The third-order valence-electron chi connectivity index (χ3n) is 2.48. The van der Waals surface area contributed by atoms with Gasteiger partial charge in [-0.05, 0) is 0 Å². The maximum absolute atomic E-state index is 10.9. The first kappa shape index (κ1) is 13.3. The molecule has 4 N–H and O–H groups in total. The van der Waals surface area contributed by atoms with Gasteiger partial charge in [-0.3, -0.25) is 4.79 Å². The van der Waals surface area contributed by atoms with Gasteiger partial charge in [0.2, 0.25) is 5.91 Å². The van der Waals surface area contributed by atoms with E-state index >= 15 is 0 Å². The van der Waals surface area contributed by atoms with Crippen LogP contribution in [0, 0.1) is 0 Å². The topological polar surface area (TPSA) is 108 Å². The molecule has 5 atom stereocenters. The second-order valence-corrected chi connectivity index (χ2v) is 3.67. The van der Waals surface area contributed by atoms with Crippen LogP contribution in [0.3, 0.4) is 0 Å². The summed E-state index contributed by atoms with van der Waals surface area (Å²) in [5.41, 5.74) is 0. The number of rotatable bonds is 3. The van der Waals surface area contributed by atoms with Crippen LogP contribution in [-0.2, 0) is 14.3 Å². The summed E-state index contributed by atoms with van der Waals surface area (Å²) in [6, 6.07) is -0.861. The lowest BCUT2D eigenvalue weighted by Gasteiger charge is -2.41. The quantitative estimate of drug-likeness (QED) is 0.433. The third-order valence-corrected chi connectivity index (χ3v) is 2.48. The molecular weight excluding hydrogens is 218 g/mol. The summed E-state index contributed by atoms with van der Waals surface area (Å²) in [5, 5.41) is 30.7. The Bertz CT molecular complexity index is 246. The smallest absolute Gasteiger partial charge is 0.217 e. The molecule has 1 heterocycles. The Morgan fingerprint density at radius 3 is 2.50 bits per heavy atom. The van der Waals surface area contributed by atoms with E-state index in [1.165, 1.54) is 14.0 Å². The maximum Gasteiger partial charge on any atom is 0.217 e. The molecule has 0 spiro atoms. The van der Waals surface area contributed by atoms with Crippen LogP contribution in [0.5, 0.6) is 0 Å². The first-order valence-corrected chi connectivity index (χ1v) is 4.93. The van der Waals surface area contributed by atoms with Gasteiger partial charge in [0.15, 0.2) is 6.29 Å². The van der Waals surface area contributed by atoms with Gasteiger partial charge >= 0.3 is 0 Å². The van der Waals surface area contributed by atoms with E-state index < -0.39 is 37.3 Å². The van der Waals surface area contributed by atoms with Crippen LogP contribution in [-0.4, -0.2) is 65.6 Å². The molecule has 2 unspecified atom stereocenters. The van der Waals surface area contributed by atoms with Gasteiger partial charge in [0, 0.05) is 14.0 Å². The predicted octanol–water partition coefficient (Wildman–Crippen LogP) is -2.42. The molecule has 1 amide bonds. The van der Waals surface area contributed by atoms with Gasteiger partial charge in [0.05, 0.1) is 6.61 Å². The Labute approximate surface area is 93.0 Å². The van der Waals surface area contributed by atoms with Crippen LogP contribution < -0.4 is 5.32 Å². The minimum absolute atomic E-state index is 0.371. The number of aliphatic hydroxyl groups excluding tert-OH is 3. The van der Waals surface area contributed by atoms with Crippen molar-refractivity contribution in [3.05, 3.63) is 0 Å². The number of hydrogen-bond acceptors (Lipinski definition) is 6. The molecule has 1 fully saturated rings. The molecule has 7 heteroatoms. The second-order valence-electron chi connectivity index (χ2n) is 3.67. The largest absolute Gasteiger partial charge is 0.394 e. The lowest BCUT2D eigenvalue weighted by atomic mass is 9.97. The third kappa shape index (κ3) is 2.69. The highest BCUT2D eigenvalue weighted by Crippen LogP contribution is 2.21. The van der Waals surface area contributed by atoms with Crippen molar-refractivity contribution in [3.63, 3.8) is 0 Å². The van der Waals surface area contributed by atoms with Crippen LogP contribution >= 0.6 is 0 Å². The minimum Gasteiger partial charge on any atom is -0.394 e. The van der Waals surface area contributed by atoms with Crippen molar-refractivity contribution in [2.45, 2.75) is 37.6 Å². The molecule has 0 aromatic heterocycles. The number of amides is 1. The zero-order valence-electron chi connectivity index (χ0n) is 9.16. The standard InChI is InChI=1S/C9H17NO6/c1-4(12)10-6-8(14)7(13)5(3-11)16-9(6)15-2/h5-9,11,13-14H,3H2,1-2H3,(H,10,12)/t5?,6?,7-,8+,9-/m0/s1. The highest BCUT2D eigenvalue weighted by atomic mass is 16.7. The Balaban J connectivity index is 2.77. The fraction of sp³-hybridized carbons (Fsp3) is 0.889. The zero-order chi connectivity index (χ0) is 12.3. The maximum atomic E-state index is 10.9. The minimum atomic E-state index is -1.27. The van der Waals surface area contributed by atoms with Crippen molar-refractivity contribution in [3.8, 4) is 0 Å². The summed E-state index contributed by atoms with van der Waals surface area (Å²) in [6.45, 7) is 0.842. The molecule has 0 aromatic carbocycles. The Morgan fingerprint density at radius 1 is 1.44 bits per heavy atom. The van der Waals surface area contributed by atoms with Crippen molar-refractivity contribution in [1.82, 2.24) is 5.32 Å². The fourth-order valence-electron chi connectivity index (χ4n) is 1.67. The van der Waals surface area contributed by atoms with E-state index in [0.717, 1.165) is 0 Å². The lowest BCUT2D eigenvalue weighted by Crippen LogP contribution is -2.64. The molecule has 1 aliphatic rings. The Kier molecular flexibility index (Phi) is 4.63. The fourth-order valence-corrected chi connectivity index (χ4v) is 1.67. The van der Waals surface area contributed by atoms with Crippen LogP contribution in [0.2, 0.25) is 0 Å². The number of aliphatic hydroxyl groups is 3. The van der Waals surface area contributed by atoms with Crippen LogP contribution in [0.25, 0.3) is 0 Å². The van der Waals surface area contributed by atoms with E-state index in [1.807, 2.05) is 0 Å². The summed E-state index contributed by atoms with van der Waals surface area (Å²) in [6.07, 6.45) is -4.35. The van der Waals surface area contributed by atoms with E-state index in [0.29, 0.717) is 0 Å². The van der Waals surface area contributed by atoms with E-state index in [2.05, 4.69) is 5.32 Å². The SMILES string of the molecule is CO[C@H]1OC(CO)[C@H](O)[C@H](O)C1NC(C)=O. The number of carbonyl (C=O) groups excluding carboxylic acids is 1. The average Bonchev–Trinajstić information content (AvgIpc) is 2.25. The molecule has 16 heavy (non-hydrogen) atoms. The van der Waals surface area contributed by atoms with Crippen molar-refractivity contribution in [1.29, 1.82) is 0 Å². The molecule has 94 valence electrons. The summed E-state index contributed by atoms with van der Waals surface area (Å²) < 4.78 is 10.1. The molecule has 1 saturated heterocycles. The molecule has 0 radical (unpaired) electrons. The van der Waals surface area contributed by atoms with Crippen molar-refractivity contribution < 1.29 is 29.6 Å². The summed E-state index contributed by atoms with van der Waals surface area (Å²) >= 11 is 0. The van der Waals surface area contributed by atoms with Gasteiger partial charge < -0.3 is 30.1 Å². The first-order chi connectivity index (χ1) is 7.51. The van der Waals surface area contributed by atoms with Crippen molar-refractivity contribution in [2.75, 3.05) is 13.7 Å². The number of methoxy groups -OCH3 is 1. The van der Waals surface area contributed by atoms with Gasteiger partial charge in [-0.2, -0.15) is 0 Å². The highest BCUT2D eigenvalue weighted by molar-refractivity contribution is 5.73. The second kappa shape index (κ2) is 5.55. The molecular formula is C9H17NO6. The average molecular weight is 235 g/mol. The van der Waals surface area contributed by atoms with E-state index in [4.69, 9.17) is 14.6 Å². The van der Waals surface area contributed by atoms with E-state index in [-0.39, 0.29) is 5.91 Å². The van der Waals surface area contributed by atoms with Crippen LogP contribution in [0.15, 0.2) is 0 Å². The Morgan fingerprint density at radius 2 is 2.06 bits per heavy atom. The summed E-state index contributed by atoms with van der Waals surface area (Å²) in [7, 11) is 1.35. The number of carbonyl (C=O) groups is 1. The number of hydrogen-bond donors (Lipinski definition) is 4. The van der Waals surface area contributed by atoms with Crippen LogP contribution in [0.1, 0.15) is 6.92 Å². The molecule has 7 nitrogen and oxygen atoms in total. The first-order valence-electron chi connectivity index (χ1n) is 4.93. The van der Waals surface area contributed by atoms with E-state index in [9.17, 15) is 15.0 Å². The molecule has 0 saturated carbocycles. The molecule has 1 aliphatic heterocycles. The van der Waals surface area contributed by atoms with Gasteiger partial charge in [-0.15, -0.1) is 0 Å². The summed E-state index contributed by atoms with van der Waals surface area (Å²) in [5.74, 6) is -0.371. The normalized spacial score (nSPS) is 39.4. The summed E-state index contributed by atoms with van der Waals surface area (Å²) in [4.78, 5) is 10.9. The van der Waals surface area contributed by atoms with Crippen molar-refractivity contribution >= 4 is 5.91 Å².